The Hall–Kier alpha value is -2.07. The molecule has 1 aromatic carbocycles. The van der Waals surface area contributed by atoms with Gasteiger partial charge in [0.2, 0.25) is 0 Å². The molecule has 0 atom stereocenters. The number of ketones is 1. The van der Waals surface area contributed by atoms with Crippen molar-refractivity contribution >= 4 is 28.8 Å². The Morgan fingerprint density at radius 3 is 2.82 bits per heavy atom. The van der Waals surface area contributed by atoms with Crippen LogP contribution in [0.2, 0.25) is 5.02 Å². The smallest absolute Gasteiger partial charge is 0.175 e. The first kappa shape index (κ1) is 16.3. The van der Waals surface area contributed by atoms with Crippen molar-refractivity contribution in [3.05, 3.63) is 52.4 Å². The first-order valence-electron chi connectivity index (χ1n) is 7.18. The molecule has 1 aliphatic rings. The van der Waals surface area contributed by atoms with Crippen molar-refractivity contribution in [2.45, 2.75) is 26.7 Å². The fourth-order valence-corrected chi connectivity index (χ4v) is 2.44. The largest absolute Gasteiger partial charge is 0.498 e. The van der Waals surface area contributed by atoms with Gasteiger partial charge in [-0.05, 0) is 31.5 Å². The summed E-state index contributed by atoms with van der Waals surface area (Å²) in [6.45, 7) is 3.99. The van der Waals surface area contributed by atoms with Crippen LogP contribution < -0.4 is 5.73 Å². The van der Waals surface area contributed by atoms with Crippen molar-refractivity contribution in [3.8, 4) is 0 Å². The standard InChI is InChI=1S/C17H19ClN2O2/c1-3-22-14-7-8-15(17(19)11(2)21)16(10-14)20-13-6-4-5-12(18)9-13/h4-6,9-10H,3,7-8,19H2,1-2H3/b17-15-,20-16?. The summed E-state index contributed by atoms with van der Waals surface area (Å²) in [5, 5.41) is 0.608. The lowest BCUT2D eigenvalue weighted by molar-refractivity contribution is -0.113. The molecule has 5 heteroatoms. The van der Waals surface area contributed by atoms with Crippen molar-refractivity contribution in [1.29, 1.82) is 0 Å². The van der Waals surface area contributed by atoms with Crippen LogP contribution in [0.25, 0.3) is 0 Å². The number of hydrogen-bond acceptors (Lipinski definition) is 4. The Labute approximate surface area is 135 Å². The maximum absolute atomic E-state index is 11.6. The lowest BCUT2D eigenvalue weighted by Crippen LogP contribution is -2.19. The number of ether oxygens (including phenoxy) is 1. The molecule has 0 amide bonds. The molecule has 0 saturated carbocycles. The number of nitrogens with two attached hydrogens (primary N) is 1. The number of benzene rings is 1. The maximum atomic E-state index is 11.6. The van der Waals surface area contributed by atoms with Crippen LogP contribution >= 0.6 is 11.6 Å². The van der Waals surface area contributed by atoms with Crippen LogP contribution in [0.5, 0.6) is 0 Å². The SMILES string of the molecule is CCOC1=CC(=Nc2cccc(Cl)c2)/C(=C(\N)C(C)=O)CC1. The number of nitrogens with zero attached hydrogens (tertiary/aromatic N) is 1. The molecule has 0 spiro atoms. The molecule has 2 rings (SSSR count). The van der Waals surface area contributed by atoms with Gasteiger partial charge in [0.25, 0.3) is 0 Å². The van der Waals surface area contributed by atoms with Crippen molar-refractivity contribution in [2.24, 2.45) is 10.7 Å². The summed E-state index contributed by atoms with van der Waals surface area (Å²) < 4.78 is 5.57. The van der Waals surface area contributed by atoms with E-state index in [0.717, 1.165) is 11.3 Å². The molecule has 116 valence electrons. The van der Waals surface area contributed by atoms with Gasteiger partial charge in [0.1, 0.15) is 0 Å². The number of halogens is 1. The van der Waals surface area contributed by atoms with Crippen molar-refractivity contribution < 1.29 is 9.53 Å². The van der Waals surface area contributed by atoms with E-state index in [1.165, 1.54) is 6.92 Å². The molecule has 0 radical (unpaired) electrons. The maximum Gasteiger partial charge on any atom is 0.175 e. The highest BCUT2D eigenvalue weighted by molar-refractivity contribution is 6.30. The van der Waals surface area contributed by atoms with E-state index in [1.54, 1.807) is 12.1 Å². The molecule has 22 heavy (non-hydrogen) atoms. The summed E-state index contributed by atoms with van der Waals surface area (Å²) in [7, 11) is 0. The quantitative estimate of drug-likeness (QED) is 0.855. The Morgan fingerprint density at radius 2 is 2.18 bits per heavy atom. The Morgan fingerprint density at radius 1 is 1.41 bits per heavy atom. The fourth-order valence-electron chi connectivity index (χ4n) is 2.26. The number of allylic oxidation sites excluding steroid dienone is 4. The summed E-state index contributed by atoms with van der Waals surface area (Å²) in [4.78, 5) is 16.2. The number of Topliss-reactive ketones (excluding diaryl/α,β-unsaturated/α-hetero) is 1. The van der Waals surface area contributed by atoms with Gasteiger partial charge in [-0.3, -0.25) is 4.79 Å². The van der Waals surface area contributed by atoms with Crippen LogP contribution in [0.4, 0.5) is 5.69 Å². The molecule has 0 saturated heterocycles. The predicted octanol–water partition coefficient (Wildman–Crippen LogP) is 3.93. The van der Waals surface area contributed by atoms with Crippen molar-refractivity contribution in [2.75, 3.05) is 6.61 Å². The van der Waals surface area contributed by atoms with E-state index in [-0.39, 0.29) is 11.5 Å². The molecule has 0 aliphatic heterocycles. The van der Waals surface area contributed by atoms with Crippen LogP contribution in [-0.4, -0.2) is 18.1 Å². The van der Waals surface area contributed by atoms with Crippen molar-refractivity contribution in [3.63, 3.8) is 0 Å². The van der Waals surface area contributed by atoms with Crippen LogP contribution in [-0.2, 0) is 9.53 Å². The molecule has 4 nitrogen and oxygen atoms in total. The van der Waals surface area contributed by atoms with E-state index < -0.39 is 0 Å². The van der Waals surface area contributed by atoms with Crippen molar-refractivity contribution in [1.82, 2.24) is 0 Å². The highest BCUT2D eigenvalue weighted by Crippen LogP contribution is 2.27. The van der Waals surface area contributed by atoms with E-state index in [9.17, 15) is 4.79 Å². The van der Waals surface area contributed by atoms with E-state index in [0.29, 0.717) is 35.9 Å². The fraction of sp³-hybridized carbons (Fsp3) is 0.294. The average molecular weight is 319 g/mol. The molecule has 0 unspecified atom stereocenters. The van der Waals surface area contributed by atoms with E-state index in [4.69, 9.17) is 22.1 Å². The van der Waals surface area contributed by atoms with Gasteiger partial charge in [-0.15, -0.1) is 0 Å². The molecule has 0 heterocycles. The summed E-state index contributed by atoms with van der Waals surface area (Å²) in [5.41, 5.74) is 8.33. The highest BCUT2D eigenvalue weighted by atomic mass is 35.5. The zero-order valence-corrected chi connectivity index (χ0v) is 13.5. The third kappa shape index (κ3) is 3.98. The first-order valence-corrected chi connectivity index (χ1v) is 7.56. The molecule has 1 aliphatic carbocycles. The van der Waals surface area contributed by atoms with Gasteiger partial charge in [-0.25, -0.2) is 4.99 Å². The number of carbonyl (C=O) groups excluding carboxylic acids is 1. The monoisotopic (exact) mass is 318 g/mol. The zero-order chi connectivity index (χ0) is 16.1. The minimum Gasteiger partial charge on any atom is -0.498 e. The third-order valence-corrected chi connectivity index (χ3v) is 3.56. The van der Waals surface area contributed by atoms with Gasteiger partial charge in [-0.1, -0.05) is 17.7 Å². The van der Waals surface area contributed by atoms with Crippen LogP contribution in [0.15, 0.2) is 52.4 Å². The molecule has 0 fully saturated rings. The van der Waals surface area contributed by atoms with E-state index in [1.807, 2.05) is 25.1 Å². The Bertz CT molecular complexity index is 675. The predicted molar refractivity (Wildman–Crippen MR) is 89.4 cm³/mol. The summed E-state index contributed by atoms with van der Waals surface area (Å²) in [6.07, 6.45) is 3.20. The Kier molecular flexibility index (Phi) is 5.39. The third-order valence-electron chi connectivity index (χ3n) is 3.32. The van der Waals surface area contributed by atoms with E-state index >= 15 is 0 Å². The second kappa shape index (κ2) is 7.27. The number of rotatable bonds is 4. The molecule has 0 bridgehead atoms. The molecule has 0 aromatic heterocycles. The molecule has 1 aromatic rings. The van der Waals surface area contributed by atoms with Gasteiger partial charge in [0, 0.05) is 30.0 Å². The summed E-state index contributed by atoms with van der Waals surface area (Å²) in [6, 6.07) is 7.23. The average Bonchev–Trinajstić information content (AvgIpc) is 2.47. The summed E-state index contributed by atoms with van der Waals surface area (Å²) >= 11 is 5.99. The van der Waals surface area contributed by atoms with E-state index in [2.05, 4.69) is 4.99 Å². The van der Waals surface area contributed by atoms with Crippen LogP contribution in [0, 0.1) is 0 Å². The minimum absolute atomic E-state index is 0.151. The van der Waals surface area contributed by atoms with Gasteiger partial charge >= 0.3 is 0 Å². The molecular weight excluding hydrogens is 300 g/mol. The molecular formula is C17H19ClN2O2. The highest BCUT2D eigenvalue weighted by Gasteiger charge is 2.19. The number of aliphatic imine (C=N–C) groups is 1. The van der Waals surface area contributed by atoms with Gasteiger partial charge in [0.05, 0.1) is 29.5 Å². The van der Waals surface area contributed by atoms with Gasteiger partial charge in [-0.2, -0.15) is 0 Å². The zero-order valence-electron chi connectivity index (χ0n) is 12.7. The lowest BCUT2D eigenvalue weighted by Gasteiger charge is -2.19. The minimum atomic E-state index is -0.151. The Balaban J connectivity index is 2.49. The van der Waals surface area contributed by atoms with Gasteiger partial charge in [0.15, 0.2) is 5.78 Å². The van der Waals surface area contributed by atoms with Crippen LogP contribution in [0.1, 0.15) is 26.7 Å². The number of carbonyl (C=O) groups is 1. The second-order valence-electron chi connectivity index (χ2n) is 4.97. The second-order valence-corrected chi connectivity index (χ2v) is 5.41. The normalized spacial score (nSPS) is 18.9. The molecule has 2 N–H and O–H groups in total. The first-order chi connectivity index (χ1) is 10.5. The summed E-state index contributed by atoms with van der Waals surface area (Å²) in [5.74, 6) is 0.699. The van der Waals surface area contributed by atoms with Gasteiger partial charge < -0.3 is 10.5 Å². The van der Waals surface area contributed by atoms with Crippen LogP contribution in [0.3, 0.4) is 0 Å². The lowest BCUT2D eigenvalue weighted by atomic mass is 9.94. The number of hydrogen-bond donors (Lipinski definition) is 1. The topological polar surface area (TPSA) is 64.7 Å².